The first-order valence-corrected chi connectivity index (χ1v) is 8.04. The summed E-state index contributed by atoms with van der Waals surface area (Å²) in [5, 5.41) is 9.02. The van der Waals surface area contributed by atoms with Crippen molar-refractivity contribution in [3.8, 4) is 0 Å². The maximum absolute atomic E-state index is 11.2. The molecule has 0 aliphatic carbocycles. The number of rotatable bonds is 4. The van der Waals surface area contributed by atoms with Crippen LogP contribution in [0.5, 0.6) is 0 Å². The molecule has 0 spiro atoms. The monoisotopic (exact) mass is 286 g/mol. The van der Waals surface area contributed by atoms with Gasteiger partial charge in [-0.25, -0.2) is 8.42 Å². The number of amides is 1. The summed E-state index contributed by atoms with van der Waals surface area (Å²) in [6.45, 7) is 2.00. The van der Waals surface area contributed by atoms with E-state index in [1.807, 2.05) is 11.4 Å². The number of carbonyl (C=O) groups excluding carboxylic acids is 1. The van der Waals surface area contributed by atoms with E-state index in [2.05, 4.69) is 10.6 Å². The highest BCUT2D eigenvalue weighted by molar-refractivity contribution is 7.94. The third kappa shape index (κ3) is 3.41. The Labute approximate surface area is 110 Å². The average Bonchev–Trinajstić information content (AvgIpc) is 2.81. The van der Waals surface area contributed by atoms with Gasteiger partial charge < -0.3 is 10.6 Å². The first-order valence-electron chi connectivity index (χ1n) is 5.44. The van der Waals surface area contributed by atoms with Crippen LogP contribution in [-0.4, -0.2) is 26.1 Å². The molecule has 0 saturated carbocycles. The maximum Gasteiger partial charge on any atom is 0.221 e. The number of anilines is 1. The lowest BCUT2D eigenvalue weighted by molar-refractivity contribution is -0.114. The van der Waals surface area contributed by atoms with Gasteiger partial charge in [0.1, 0.15) is 0 Å². The molecule has 0 fully saturated rings. The van der Waals surface area contributed by atoms with Gasteiger partial charge in [-0.05, 0) is 11.4 Å². The summed E-state index contributed by atoms with van der Waals surface area (Å²) in [5.74, 6) is -0.00797. The molecule has 1 unspecified atom stereocenters. The lowest BCUT2D eigenvalue weighted by Crippen LogP contribution is -2.29. The molecule has 1 aliphatic rings. The van der Waals surface area contributed by atoms with Gasteiger partial charge in [0, 0.05) is 29.8 Å². The van der Waals surface area contributed by atoms with Crippen molar-refractivity contribution in [2.24, 2.45) is 0 Å². The fourth-order valence-electron chi connectivity index (χ4n) is 1.71. The van der Waals surface area contributed by atoms with E-state index in [9.17, 15) is 13.2 Å². The standard InChI is InChI=1S/C11H14N2O3S2/c1-8(14)13-10-2-4-17-11(10)6-12-9-3-5-18(15,16)7-9/h2-5,9,12H,6-7H2,1H3,(H,13,14). The average molecular weight is 286 g/mol. The van der Waals surface area contributed by atoms with Gasteiger partial charge in [-0.3, -0.25) is 4.79 Å². The van der Waals surface area contributed by atoms with E-state index in [1.165, 1.54) is 23.7 Å². The third-order valence-corrected chi connectivity index (χ3v) is 4.83. The van der Waals surface area contributed by atoms with Crippen LogP contribution in [0.15, 0.2) is 22.9 Å². The summed E-state index contributed by atoms with van der Waals surface area (Å²) < 4.78 is 22.5. The largest absolute Gasteiger partial charge is 0.325 e. The van der Waals surface area contributed by atoms with E-state index in [1.54, 1.807) is 6.08 Å². The van der Waals surface area contributed by atoms with Gasteiger partial charge in [0.25, 0.3) is 0 Å². The second kappa shape index (κ2) is 5.21. The number of hydrogen-bond donors (Lipinski definition) is 2. The van der Waals surface area contributed by atoms with Crippen molar-refractivity contribution in [3.63, 3.8) is 0 Å². The molecule has 0 radical (unpaired) electrons. The highest BCUT2D eigenvalue weighted by Gasteiger charge is 2.21. The van der Waals surface area contributed by atoms with Crippen LogP contribution in [0.1, 0.15) is 11.8 Å². The smallest absolute Gasteiger partial charge is 0.221 e. The van der Waals surface area contributed by atoms with E-state index in [0.717, 1.165) is 10.6 Å². The summed E-state index contributed by atoms with van der Waals surface area (Å²) in [6, 6.07) is 1.69. The Balaban J connectivity index is 1.93. The summed E-state index contributed by atoms with van der Waals surface area (Å²) in [7, 11) is -3.02. The zero-order valence-corrected chi connectivity index (χ0v) is 11.5. The molecule has 1 atom stereocenters. The highest BCUT2D eigenvalue weighted by Crippen LogP contribution is 2.22. The quantitative estimate of drug-likeness (QED) is 0.869. The SMILES string of the molecule is CC(=O)Nc1ccsc1CNC1C=CS(=O)(=O)C1. The van der Waals surface area contributed by atoms with E-state index in [4.69, 9.17) is 0 Å². The molecular formula is C11H14N2O3S2. The third-order valence-electron chi connectivity index (χ3n) is 2.51. The summed E-state index contributed by atoms with van der Waals surface area (Å²) >= 11 is 1.52. The van der Waals surface area contributed by atoms with Crippen molar-refractivity contribution in [2.45, 2.75) is 19.5 Å². The molecule has 2 rings (SSSR count). The van der Waals surface area contributed by atoms with E-state index >= 15 is 0 Å². The maximum atomic E-state index is 11.2. The van der Waals surface area contributed by atoms with Crippen molar-refractivity contribution in [3.05, 3.63) is 27.8 Å². The molecule has 1 aromatic rings. The van der Waals surface area contributed by atoms with Crippen LogP contribution in [0.25, 0.3) is 0 Å². The van der Waals surface area contributed by atoms with Crippen LogP contribution in [0.3, 0.4) is 0 Å². The minimum absolute atomic E-state index is 0.105. The van der Waals surface area contributed by atoms with E-state index in [-0.39, 0.29) is 17.7 Å². The number of carbonyl (C=O) groups is 1. The number of hydrogen-bond acceptors (Lipinski definition) is 5. The fourth-order valence-corrected chi connectivity index (χ4v) is 3.76. The van der Waals surface area contributed by atoms with Crippen LogP contribution in [0.4, 0.5) is 5.69 Å². The van der Waals surface area contributed by atoms with Crippen molar-refractivity contribution in [1.82, 2.24) is 5.32 Å². The van der Waals surface area contributed by atoms with Gasteiger partial charge in [0.2, 0.25) is 5.91 Å². The molecule has 0 bridgehead atoms. The molecule has 1 amide bonds. The van der Waals surface area contributed by atoms with Crippen LogP contribution >= 0.6 is 11.3 Å². The molecular weight excluding hydrogens is 272 g/mol. The Morgan fingerprint density at radius 1 is 1.56 bits per heavy atom. The summed E-state index contributed by atoms with van der Waals surface area (Å²) in [5.41, 5.74) is 0.782. The Kier molecular flexibility index (Phi) is 3.84. The van der Waals surface area contributed by atoms with E-state index < -0.39 is 9.84 Å². The first-order chi connectivity index (χ1) is 8.46. The Morgan fingerprint density at radius 3 is 2.94 bits per heavy atom. The van der Waals surface area contributed by atoms with Crippen molar-refractivity contribution < 1.29 is 13.2 Å². The molecule has 7 heteroatoms. The Hall–Kier alpha value is -1.18. The summed E-state index contributed by atoms with van der Waals surface area (Å²) in [4.78, 5) is 12.0. The van der Waals surface area contributed by atoms with Crippen LogP contribution < -0.4 is 10.6 Å². The highest BCUT2D eigenvalue weighted by atomic mass is 32.2. The lowest BCUT2D eigenvalue weighted by atomic mass is 10.3. The molecule has 2 heterocycles. The molecule has 98 valence electrons. The van der Waals surface area contributed by atoms with Crippen LogP contribution in [0.2, 0.25) is 0 Å². The van der Waals surface area contributed by atoms with Gasteiger partial charge in [0.05, 0.1) is 11.4 Å². The zero-order chi connectivity index (χ0) is 13.2. The molecule has 0 aromatic carbocycles. The first kappa shape index (κ1) is 13.3. The Bertz CT molecular complexity index is 575. The second-order valence-electron chi connectivity index (χ2n) is 4.08. The van der Waals surface area contributed by atoms with Crippen molar-refractivity contribution in [1.29, 1.82) is 0 Å². The van der Waals surface area contributed by atoms with Crippen molar-refractivity contribution >= 4 is 32.8 Å². The minimum atomic E-state index is -3.02. The summed E-state index contributed by atoms with van der Waals surface area (Å²) in [6.07, 6.45) is 1.65. The van der Waals surface area contributed by atoms with Gasteiger partial charge in [-0.15, -0.1) is 11.3 Å². The van der Waals surface area contributed by atoms with E-state index in [0.29, 0.717) is 6.54 Å². The van der Waals surface area contributed by atoms with Gasteiger partial charge in [0.15, 0.2) is 9.84 Å². The predicted molar refractivity (Wildman–Crippen MR) is 72.2 cm³/mol. The molecule has 0 saturated heterocycles. The fraction of sp³-hybridized carbons (Fsp3) is 0.364. The molecule has 2 N–H and O–H groups in total. The molecule has 18 heavy (non-hydrogen) atoms. The lowest BCUT2D eigenvalue weighted by Gasteiger charge is -2.10. The van der Waals surface area contributed by atoms with Crippen LogP contribution in [-0.2, 0) is 21.2 Å². The van der Waals surface area contributed by atoms with Gasteiger partial charge >= 0.3 is 0 Å². The normalized spacial score (nSPS) is 21.1. The molecule has 1 aromatic heterocycles. The minimum Gasteiger partial charge on any atom is -0.325 e. The molecule has 5 nitrogen and oxygen atoms in total. The number of thiophene rings is 1. The van der Waals surface area contributed by atoms with Crippen molar-refractivity contribution in [2.75, 3.05) is 11.1 Å². The predicted octanol–water partition coefficient (Wildman–Crippen LogP) is 1.11. The topological polar surface area (TPSA) is 75.3 Å². The molecule has 1 aliphatic heterocycles. The van der Waals surface area contributed by atoms with Gasteiger partial charge in [-0.1, -0.05) is 6.08 Å². The number of sulfone groups is 1. The zero-order valence-electron chi connectivity index (χ0n) is 9.84. The van der Waals surface area contributed by atoms with Crippen LogP contribution in [0, 0.1) is 0 Å². The number of nitrogens with one attached hydrogen (secondary N) is 2. The van der Waals surface area contributed by atoms with Gasteiger partial charge in [-0.2, -0.15) is 0 Å². The Morgan fingerprint density at radius 2 is 2.33 bits per heavy atom. The second-order valence-corrected chi connectivity index (χ2v) is 7.02.